The van der Waals surface area contributed by atoms with E-state index in [1.54, 1.807) is 27.5 Å². The van der Waals surface area contributed by atoms with Crippen LogP contribution in [-0.2, 0) is 13.0 Å². The van der Waals surface area contributed by atoms with Gasteiger partial charge < -0.3 is 18.8 Å². The fourth-order valence-corrected chi connectivity index (χ4v) is 4.21. The minimum Gasteiger partial charge on any atom is -0.493 e. The van der Waals surface area contributed by atoms with Crippen LogP contribution in [0.3, 0.4) is 0 Å². The number of fused-ring (bicyclic) bond motifs is 1. The predicted octanol–water partition coefficient (Wildman–Crippen LogP) is 4.59. The lowest BCUT2D eigenvalue weighted by Crippen LogP contribution is -2.06. The van der Waals surface area contributed by atoms with E-state index in [0.717, 1.165) is 35.8 Å². The molecule has 2 aromatic rings. The second-order valence-electron chi connectivity index (χ2n) is 6.85. The Hall–Kier alpha value is -3.26. The largest absolute Gasteiger partial charge is 0.493 e. The van der Waals surface area contributed by atoms with Crippen LogP contribution in [0.5, 0.6) is 17.2 Å². The minimum absolute atomic E-state index is 0.559. The van der Waals surface area contributed by atoms with Gasteiger partial charge in [0, 0.05) is 11.4 Å². The summed E-state index contributed by atoms with van der Waals surface area (Å²) in [4.78, 5) is 14.6. The van der Waals surface area contributed by atoms with E-state index >= 15 is 0 Å². The number of aryl methyl sites for hydroxylation is 2. The van der Waals surface area contributed by atoms with E-state index in [2.05, 4.69) is 38.8 Å². The normalized spacial score (nSPS) is 10.9. The van der Waals surface area contributed by atoms with Crippen molar-refractivity contribution >= 4 is 11.8 Å². The molecule has 0 saturated heterocycles. The molecule has 4 rings (SSSR count). The summed E-state index contributed by atoms with van der Waals surface area (Å²) in [5.74, 6) is 2.58. The van der Waals surface area contributed by atoms with E-state index < -0.39 is 0 Å². The molecule has 2 heterocycles. The molecular formula is C23H24N4O3S. The van der Waals surface area contributed by atoms with Crippen molar-refractivity contribution in [2.45, 2.75) is 29.4 Å². The Morgan fingerprint density at radius 3 is 2.35 bits per heavy atom. The smallest absolute Gasteiger partial charge is 0.203 e. The maximum absolute atomic E-state index is 5.44. The van der Waals surface area contributed by atoms with Gasteiger partial charge >= 0.3 is 0 Å². The molecule has 31 heavy (non-hydrogen) atoms. The van der Waals surface area contributed by atoms with Crippen LogP contribution in [-0.4, -0.2) is 40.8 Å². The third-order valence-electron chi connectivity index (χ3n) is 4.88. The van der Waals surface area contributed by atoms with E-state index in [9.17, 15) is 0 Å². The minimum atomic E-state index is 0.559. The van der Waals surface area contributed by atoms with Crippen LogP contribution < -0.4 is 14.2 Å². The summed E-state index contributed by atoms with van der Waals surface area (Å²) in [7, 11) is 4.79. The molecular weight excluding hydrogens is 412 g/mol. The SMILES string of the molecule is COc1cc(Sc2nc3cncn(CCCc4ccccc4)c-3n2)cc(OC)c1OC. The molecule has 0 N–H and O–H groups in total. The van der Waals surface area contributed by atoms with E-state index in [-0.39, 0.29) is 0 Å². The molecule has 0 saturated carbocycles. The van der Waals surface area contributed by atoms with Gasteiger partial charge in [0.1, 0.15) is 5.69 Å². The van der Waals surface area contributed by atoms with Crippen molar-refractivity contribution in [1.82, 2.24) is 19.5 Å². The standard InChI is InChI=1S/C23H24N4O3S/c1-28-19-12-17(13-20(29-2)21(19)30-3)31-23-25-18-14-24-15-27(22(18)26-23)11-7-10-16-8-5-4-6-9-16/h4-6,8-9,12-15H,7,10-11H2,1-3H3. The van der Waals surface area contributed by atoms with Gasteiger partial charge in [-0.15, -0.1) is 0 Å². The van der Waals surface area contributed by atoms with Crippen molar-refractivity contribution < 1.29 is 14.2 Å². The van der Waals surface area contributed by atoms with Crippen molar-refractivity contribution in [3.8, 4) is 28.8 Å². The molecule has 0 aliphatic carbocycles. The first-order valence-corrected chi connectivity index (χ1v) is 10.7. The highest BCUT2D eigenvalue weighted by atomic mass is 32.2. The number of benzene rings is 2. The summed E-state index contributed by atoms with van der Waals surface area (Å²) in [6.45, 7) is 0.826. The second kappa shape index (κ2) is 9.70. The summed E-state index contributed by atoms with van der Waals surface area (Å²) in [6, 6.07) is 14.3. The van der Waals surface area contributed by atoms with Crippen LogP contribution in [0.25, 0.3) is 11.5 Å². The fourth-order valence-electron chi connectivity index (χ4n) is 3.39. The van der Waals surface area contributed by atoms with Gasteiger partial charge in [0.05, 0.1) is 33.9 Å². The van der Waals surface area contributed by atoms with Crippen LogP contribution in [0, 0.1) is 0 Å². The Morgan fingerprint density at radius 1 is 0.935 bits per heavy atom. The number of imidazole rings is 1. The zero-order chi connectivity index (χ0) is 21.6. The Kier molecular flexibility index (Phi) is 6.57. The van der Waals surface area contributed by atoms with E-state index in [4.69, 9.17) is 19.2 Å². The van der Waals surface area contributed by atoms with Crippen molar-refractivity contribution in [3.63, 3.8) is 0 Å². The Balaban J connectivity index is 1.53. The molecule has 0 amide bonds. The average molecular weight is 437 g/mol. The van der Waals surface area contributed by atoms with E-state index in [0.29, 0.717) is 22.4 Å². The lowest BCUT2D eigenvalue weighted by molar-refractivity contribution is 0.323. The number of hydrogen-bond donors (Lipinski definition) is 0. The summed E-state index contributed by atoms with van der Waals surface area (Å²) < 4.78 is 18.3. The second-order valence-corrected chi connectivity index (χ2v) is 7.89. The van der Waals surface area contributed by atoms with Crippen LogP contribution in [0.1, 0.15) is 12.0 Å². The lowest BCUT2D eigenvalue weighted by atomic mass is 10.1. The molecule has 0 spiro atoms. The van der Waals surface area contributed by atoms with E-state index in [1.165, 1.54) is 17.3 Å². The highest BCUT2D eigenvalue weighted by Gasteiger charge is 2.18. The van der Waals surface area contributed by atoms with Gasteiger partial charge in [0.15, 0.2) is 22.5 Å². The maximum atomic E-state index is 5.44. The third kappa shape index (κ3) is 4.74. The summed E-state index contributed by atoms with van der Waals surface area (Å²) in [5.41, 5.74) is 2.10. The van der Waals surface area contributed by atoms with Crippen LogP contribution in [0.4, 0.5) is 0 Å². The van der Waals surface area contributed by atoms with Gasteiger partial charge in [-0.3, -0.25) is 0 Å². The van der Waals surface area contributed by atoms with Gasteiger partial charge in [-0.1, -0.05) is 30.3 Å². The highest BCUT2D eigenvalue weighted by molar-refractivity contribution is 7.99. The summed E-state index contributed by atoms with van der Waals surface area (Å²) in [5, 5.41) is 0.647. The van der Waals surface area contributed by atoms with Crippen LogP contribution >= 0.6 is 11.8 Å². The summed E-state index contributed by atoms with van der Waals surface area (Å²) >= 11 is 1.44. The van der Waals surface area contributed by atoms with Gasteiger partial charge in [-0.2, -0.15) is 0 Å². The third-order valence-corrected chi connectivity index (χ3v) is 5.71. The molecule has 2 aromatic carbocycles. The van der Waals surface area contributed by atoms with Crippen molar-refractivity contribution in [3.05, 3.63) is 60.6 Å². The predicted molar refractivity (Wildman–Crippen MR) is 119 cm³/mol. The zero-order valence-corrected chi connectivity index (χ0v) is 18.6. The first-order valence-electron chi connectivity index (χ1n) is 9.91. The topological polar surface area (TPSA) is 71.3 Å². The van der Waals surface area contributed by atoms with Crippen molar-refractivity contribution in [1.29, 1.82) is 0 Å². The van der Waals surface area contributed by atoms with Gasteiger partial charge in [-0.05, 0) is 42.3 Å². The van der Waals surface area contributed by atoms with Crippen LogP contribution in [0.15, 0.2) is 65.0 Å². The first-order chi connectivity index (χ1) is 15.2. The highest BCUT2D eigenvalue weighted by Crippen LogP contribution is 2.42. The Labute approximate surface area is 185 Å². The van der Waals surface area contributed by atoms with E-state index in [1.807, 2.05) is 24.5 Å². The molecule has 0 atom stereocenters. The molecule has 0 fully saturated rings. The molecule has 7 nitrogen and oxygen atoms in total. The zero-order valence-electron chi connectivity index (χ0n) is 17.7. The molecule has 2 aliphatic heterocycles. The number of methoxy groups -OCH3 is 3. The maximum Gasteiger partial charge on any atom is 0.203 e. The van der Waals surface area contributed by atoms with Crippen molar-refractivity contribution in [2.24, 2.45) is 0 Å². The Morgan fingerprint density at radius 2 is 1.68 bits per heavy atom. The molecule has 0 aromatic heterocycles. The van der Waals surface area contributed by atoms with Crippen LogP contribution in [0.2, 0.25) is 0 Å². The van der Waals surface area contributed by atoms with Gasteiger partial charge in [0.2, 0.25) is 5.75 Å². The number of ether oxygens (including phenoxy) is 3. The molecule has 0 radical (unpaired) electrons. The lowest BCUT2D eigenvalue weighted by Gasteiger charge is -2.13. The van der Waals surface area contributed by atoms with Gasteiger partial charge in [0.25, 0.3) is 0 Å². The fraction of sp³-hybridized carbons (Fsp3) is 0.261. The molecule has 0 bridgehead atoms. The average Bonchev–Trinajstić information content (AvgIpc) is 3.22. The molecule has 8 heteroatoms. The number of nitrogens with zero attached hydrogens (tertiary/aromatic N) is 4. The van der Waals surface area contributed by atoms with Crippen molar-refractivity contribution in [2.75, 3.05) is 21.3 Å². The number of aromatic nitrogens is 4. The first kappa shape index (κ1) is 21.0. The number of hydrogen-bond acceptors (Lipinski definition) is 7. The molecule has 2 aliphatic rings. The molecule has 160 valence electrons. The quantitative estimate of drug-likeness (QED) is 0.380. The Bertz CT molecular complexity index is 1090. The summed E-state index contributed by atoms with van der Waals surface area (Å²) in [6.07, 6.45) is 5.56. The monoisotopic (exact) mass is 436 g/mol. The molecule has 0 unspecified atom stereocenters. The number of rotatable bonds is 9. The van der Waals surface area contributed by atoms with Gasteiger partial charge in [-0.25, -0.2) is 15.0 Å².